The number of nitrogens with one attached hydrogen (secondary N) is 1. The molecule has 0 fully saturated rings. The maximum Gasteiger partial charge on any atom is 0.306 e. The molecule has 0 saturated heterocycles. The Morgan fingerprint density at radius 3 is 2.91 bits per heavy atom. The third kappa shape index (κ3) is 4.32. The molecule has 0 unspecified atom stereocenters. The second kappa shape index (κ2) is 7.60. The Kier molecular flexibility index (Phi) is 5.54. The van der Waals surface area contributed by atoms with Gasteiger partial charge in [-0.05, 0) is 24.8 Å². The van der Waals surface area contributed by atoms with E-state index >= 15 is 0 Å². The number of amides is 1. The zero-order valence-electron chi connectivity index (χ0n) is 12.1. The number of hydrogen-bond acceptors (Lipinski definition) is 5. The molecule has 0 saturated carbocycles. The van der Waals surface area contributed by atoms with E-state index in [1.807, 2.05) is 30.5 Å². The molecule has 1 N–H and O–H groups in total. The largest absolute Gasteiger partial charge is 0.325 e. The van der Waals surface area contributed by atoms with E-state index in [1.54, 1.807) is 11.8 Å². The van der Waals surface area contributed by atoms with Crippen LogP contribution >= 0.6 is 11.8 Å². The van der Waals surface area contributed by atoms with Crippen LogP contribution in [0.15, 0.2) is 41.6 Å². The number of para-hydroxylation sites is 1. The van der Waals surface area contributed by atoms with Crippen molar-refractivity contribution in [3.8, 4) is 0 Å². The van der Waals surface area contributed by atoms with Crippen molar-refractivity contribution in [2.24, 2.45) is 0 Å². The number of nitrogens with zero attached hydrogens (tertiary/aromatic N) is 3. The highest BCUT2D eigenvalue weighted by atomic mass is 32.2. The lowest BCUT2D eigenvalue weighted by Crippen LogP contribution is -2.13. The van der Waals surface area contributed by atoms with Gasteiger partial charge in [-0.25, -0.2) is 0 Å². The number of aryl methyl sites for hydroxylation is 1. The number of aromatic nitrogens is 2. The number of carbonyl (C=O) groups is 1. The molecule has 0 bridgehead atoms. The van der Waals surface area contributed by atoms with Crippen LogP contribution in [0, 0.1) is 10.1 Å². The van der Waals surface area contributed by atoms with Crippen molar-refractivity contribution in [3.63, 3.8) is 0 Å². The number of benzene rings is 1. The van der Waals surface area contributed by atoms with E-state index in [0.29, 0.717) is 19.4 Å². The third-order valence-electron chi connectivity index (χ3n) is 3.00. The number of carbonyl (C=O) groups excluding carboxylic acids is 1. The summed E-state index contributed by atoms with van der Waals surface area (Å²) >= 11 is 1.57. The van der Waals surface area contributed by atoms with Gasteiger partial charge in [0.15, 0.2) is 0 Å². The molecule has 8 heteroatoms. The lowest BCUT2D eigenvalue weighted by molar-refractivity contribution is -0.385. The normalized spacial score (nSPS) is 10.4. The van der Waals surface area contributed by atoms with E-state index in [0.717, 1.165) is 10.6 Å². The van der Waals surface area contributed by atoms with E-state index in [2.05, 4.69) is 10.4 Å². The van der Waals surface area contributed by atoms with Crippen LogP contribution in [0.25, 0.3) is 0 Å². The molecule has 0 radical (unpaired) electrons. The van der Waals surface area contributed by atoms with Crippen molar-refractivity contribution >= 4 is 29.0 Å². The van der Waals surface area contributed by atoms with Gasteiger partial charge in [0.05, 0.1) is 10.6 Å². The van der Waals surface area contributed by atoms with Crippen molar-refractivity contribution in [2.75, 3.05) is 11.6 Å². The van der Waals surface area contributed by atoms with Gasteiger partial charge in [-0.15, -0.1) is 11.8 Å². The molecule has 2 aromatic rings. The predicted molar refractivity (Wildman–Crippen MR) is 85.0 cm³/mol. The van der Waals surface area contributed by atoms with Gasteiger partial charge in [0.1, 0.15) is 12.4 Å². The molecule has 1 heterocycles. The molecule has 116 valence electrons. The minimum absolute atomic E-state index is 0.0432. The number of rotatable bonds is 7. The van der Waals surface area contributed by atoms with Crippen molar-refractivity contribution in [1.29, 1.82) is 0 Å². The Bertz CT molecular complexity index is 672. The highest BCUT2D eigenvalue weighted by Crippen LogP contribution is 2.24. The van der Waals surface area contributed by atoms with Crippen molar-refractivity contribution in [3.05, 3.63) is 46.8 Å². The number of thioether (sulfide) groups is 1. The van der Waals surface area contributed by atoms with Gasteiger partial charge < -0.3 is 5.32 Å². The van der Waals surface area contributed by atoms with Gasteiger partial charge in [0.25, 0.3) is 0 Å². The van der Waals surface area contributed by atoms with Crippen LogP contribution in [0.1, 0.15) is 12.8 Å². The second-order valence-electron chi connectivity index (χ2n) is 4.57. The fourth-order valence-electron chi connectivity index (χ4n) is 1.93. The van der Waals surface area contributed by atoms with Crippen LogP contribution < -0.4 is 5.32 Å². The van der Waals surface area contributed by atoms with Gasteiger partial charge in [-0.1, -0.05) is 12.1 Å². The molecule has 22 heavy (non-hydrogen) atoms. The molecule has 0 aliphatic rings. The zero-order chi connectivity index (χ0) is 15.9. The highest BCUT2D eigenvalue weighted by molar-refractivity contribution is 7.98. The molecule has 7 nitrogen and oxygen atoms in total. The van der Waals surface area contributed by atoms with Crippen molar-refractivity contribution < 1.29 is 9.72 Å². The number of nitro groups is 1. The molecule has 1 aromatic carbocycles. The molecule has 0 aliphatic carbocycles. The first-order chi connectivity index (χ1) is 10.6. The van der Waals surface area contributed by atoms with Gasteiger partial charge in [-0.2, -0.15) is 5.10 Å². The molecule has 2 rings (SSSR count). The van der Waals surface area contributed by atoms with E-state index in [-0.39, 0.29) is 11.6 Å². The minimum atomic E-state index is -0.491. The summed E-state index contributed by atoms with van der Waals surface area (Å²) in [6, 6.07) is 7.61. The fourth-order valence-corrected chi connectivity index (χ4v) is 2.49. The van der Waals surface area contributed by atoms with E-state index in [9.17, 15) is 14.9 Å². The third-order valence-corrected chi connectivity index (χ3v) is 3.80. The Balaban J connectivity index is 1.81. The number of hydrogen-bond donors (Lipinski definition) is 1. The Hall–Kier alpha value is -2.35. The van der Waals surface area contributed by atoms with Gasteiger partial charge in [0, 0.05) is 17.9 Å². The summed E-state index contributed by atoms with van der Waals surface area (Å²) in [6.07, 6.45) is 5.41. The van der Waals surface area contributed by atoms with Crippen LogP contribution in [0.3, 0.4) is 0 Å². The van der Waals surface area contributed by atoms with Crippen LogP contribution in [0.5, 0.6) is 0 Å². The summed E-state index contributed by atoms with van der Waals surface area (Å²) < 4.78 is 1.47. The van der Waals surface area contributed by atoms with E-state index in [4.69, 9.17) is 0 Å². The van der Waals surface area contributed by atoms with Gasteiger partial charge in [0.2, 0.25) is 5.91 Å². The Morgan fingerprint density at radius 2 is 2.23 bits per heavy atom. The summed E-state index contributed by atoms with van der Waals surface area (Å²) in [4.78, 5) is 23.0. The SMILES string of the molecule is CSc1ccccc1NC(=O)CCCn1cc([N+](=O)[O-])cn1. The lowest BCUT2D eigenvalue weighted by atomic mass is 10.2. The molecular formula is C14H16N4O3S. The zero-order valence-corrected chi connectivity index (χ0v) is 12.9. The summed E-state index contributed by atoms with van der Waals surface area (Å²) in [7, 11) is 0. The highest BCUT2D eigenvalue weighted by Gasteiger charge is 2.09. The summed E-state index contributed by atoms with van der Waals surface area (Å²) in [5.74, 6) is -0.0804. The number of anilines is 1. The van der Waals surface area contributed by atoms with Crippen LogP contribution in [-0.4, -0.2) is 26.9 Å². The molecule has 0 atom stereocenters. The predicted octanol–water partition coefficient (Wildman–Crippen LogP) is 2.93. The van der Waals surface area contributed by atoms with Crippen LogP contribution in [-0.2, 0) is 11.3 Å². The monoisotopic (exact) mass is 320 g/mol. The van der Waals surface area contributed by atoms with Crippen LogP contribution in [0.2, 0.25) is 0 Å². The smallest absolute Gasteiger partial charge is 0.306 e. The van der Waals surface area contributed by atoms with Gasteiger partial charge >= 0.3 is 5.69 Å². The molecule has 0 spiro atoms. The quantitative estimate of drug-likeness (QED) is 0.481. The first-order valence-electron chi connectivity index (χ1n) is 6.70. The topological polar surface area (TPSA) is 90.1 Å². The average molecular weight is 320 g/mol. The molecule has 0 aliphatic heterocycles. The summed E-state index contributed by atoms with van der Waals surface area (Å²) in [5, 5.41) is 17.3. The molecular weight excluding hydrogens is 304 g/mol. The van der Waals surface area contributed by atoms with Crippen LogP contribution in [0.4, 0.5) is 11.4 Å². The van der Waals surface area contributed by atoms with Gasteiger partial charge in [-0.3, -0.25) is 19.6 Å². The molecule has 1 amide bonds. The average Bonchev–Trinajstić information content (AvgIpc) is 2.97. The molecule has 1 aromatic heterocycles. The summed E-state index contributed by atoms with van der Waals surface area (Å²) in [6.45, 7) is 0.464. The van der Waals surface area contributed by atoms with Crippen molar-refractivity contribution in [1.82, 2.24) is 9.78 Å². The maximum absolute atomic E-state index is 11.9. The van der Waals surface area contributed by atoms with E-state index in [1.165, 1.54) is 17.1 Å². The Labute approximate surface area is 131 Å². The van der Waals surface area contributed by atoms with Crippen molar-refractivity contribution in [2.45, 2.75) is 24.3 Å². The second-order valence-corrected chi connectivity index (χ2v) is 5.42. The first-order valence-corrected chi connectivity index (χ1v) is 7.92. The fraction of sp³-hybridized carbons (Fsp3) is 0.286. The minimum Gasteiger partial charge on any atom is -0.325 e. The Morgan fingerprint density at radius 1 is 1.45 bits per heavy atom. The first kappa shape index (κ1) is 16.0. The summed E-state index contributed by atoms with van der Waals surface area (Å²) in [5.41, 5.74) is 0.757. The maximum atomic E-state index is 11.9. The van der Waals surface area contributed by atoms with E-state index < -0.39 is 4.92 Å². The lowest BCUT2D eigenvalue weighted by Gasteiger charge is -2.09. The standard InChI is InChI=1S/C14H16N4O3S/c1-22-13-6-3-2-5-12(13)16-14(19)7-4-8-17-10-11(9-15-17)18(20)21/h2-3,5-6,9-10H,4,7-8H2,1H3,(H,16,19).